The lowest BCUT2D eigenvalue weighted by Crippen LogP contribution is -2.37. The SMILES string of the molecule is CC(=O)NC[C@H]1CN(c2cc(F)c(N3CCOCC3)c(F)c2)C(=O)O1. The molecule has 25 heavy (non-hydrogen) atoms. The van der Waals surface area contributed by atoms with Crippen LogP contribution >= 0.6 is 0 Å². The molecule has 0 spiro atoms. The number of amides is 2. The van der Waals surface area contributed by atoms with E-state index in [0.29, 0.717) is 26.3 Å². The standard InChI is InChI=1S/C16H19F2N3O4/c1-10(22)19-8-12-9-21(16(23)25-12)11-6-13(17)15(14(18)7-11)20-2-4-24-5-3-20/h6-7,12H,2-5,8-9H2,1H3,(H,19,22)/t12-/m0/s1. The monoisotopic (exact) mass is 355 g/mol. The number of cyclic esters (lactones) is 1. The number of carbonyl (C=O) groups is 2. The van der Waals surface area contributed by atoms with Gasteiger partial charge in [-0.3, -0.25) is 9.69 Å². The van der Waals surface area contributed by atoms with Crippen LogP contribution in [0.2, 0.25) is 0 Å². The van der Waals surface area contributed by atoms with Crippen molar-refractivity contribution in [2.24, 2.45) is 0 Å². The molecule has 9 heteroatoms. The van der Waals surface area contributed by atoms with Crippen LogP contribution in [0.15, 0.2) is 12.1 Å². The molecule has 0 unspecified atom stereocenters. The first-order valence-electron chi connectivity index (χ1n) is 8.00. The number of morpholine rings is 1. The van der Waals surface area contributed by atoms with Crippen molar-refractivity contribution in [2.75, 3.05) is 49.2 Å². The molecule has 2 aliphatic heterocycles. The Morgan fingerprint density at radius 2 is 1.92 bits per heavy atom. The number of ether oxygens (including phenoxy) is 2. The third kappa shape index (κ3) is 3.81. The molecule has 1 aromatic rings. The molecule has 0 aliphatic carbocycles. The Morgan fingerprint density at radius 3 is 2.52 bits per heavy atom. The largest absolute Gasteiger partial charge is 0.442 e. The molecule has 2 heterocycles. The zero-order valence-electron chi connectivity index (χ0n) is 13.8. The van der Waals surface area contributed by atoms with Crippen molar-refractivity contribution < 1.29 is 27.8 Å². The number of halogens is 2. The van der Waals surface area contributed by atoms with E-state index in [-0.39, 0.29) is 30.4 Å². The van der Waals surface area contributed by atoms with Crippen LogP contribution in [0, 0.1) is 11.6 Å². The lowest BCUT2D eigenvalue weighted by molar-refractivity contribution is -0.119. The molecule has 3 rings (SSSR count). The van der Waals surface area contributed by atoms with Crippen LogP contribution in [-0.4, -0.2) is 57.5 Å². The zero-order valence-corrected chi connectivity index (χ0v) is 13.8. The van der Waals surface area contributed by atoms with E-state index in [2.05, 4.69) is 5.32 Å². The highest BCUT2D eigenvalue weighted by Gasteiger charge is 2.33. The Hall–Kier alpha value is -2.42. The predicted molar refractivity (Wildman–Crippen MR) is 85.7 cm³/mol. The fraction of sp³-hybridized carbons (Fsp3) is 0.500. The van der Waals surface area contributed by atoms with Crippen molar-refractivity contribution >= 4 is 23.4 Å². The van der Waals surface area contributed by atoms with E-state index in [9.17, 15) is 18.4 Å². The molecule has 0 saturated carbocycles. The summed E-state index contributed by atoms with van der Waals surface area (Å²) in [6.07, 6.45) is -1.27. The number of nitrogens with zero attached hydrogens (tertiary/aromatic N) is 2. The number of rotatable bonds is 4. The summed E-state index contributed by atoms with van der Waals surface area (Å²) < 4.78 is 39.2. The molecule has 2 aliphatic rings. The van der Waals surface area contributed by atoms with Gasteiger partial charge in [0.05, 0.1) is 32.0 Å². The van der Waals surface area contributed by atoms with Gasteiger partial charge >= 0.3 is 6.09 Å². The van der Waals surface area contributed by atoms with Crippen LogP contribution in [-0.2, 0) is 14.3 Å². The Balaban J connectivity index is 1.76. The van der Waals surface area contributed by atoms with Crippen LogP contribution < -0.4 is 15.1 Å². The molecule has 0 bridgehead atoms. The number of carbonyl (C=O) groups excluding carboxylic acids is 2. The molecule has 1 aromatic carbocycles. The van der Waals surface area contributed by atoms with Gasteiger partial charge in [-0.2, -0.15) is 0 Å². The minimum Gasteiger partial charge on any atom is -0.442 e. The second-order valence-electron chi connectivity index (χ2n) is 5.91. The van der Waals surface area contributed by atoms with Gasteiger partial charge in [0.1, 0.15) is 11.8 Å². The molecular weight excluding hydrogens is 336 g/mol. The molecule has 7 nitrogen and oxygen atoms in total. The van der Waals surface area contributed by atoms with E-state index in [0.717, 1.165) is 17.0 Å². The van der Waals surface area contributed by atoms with Gasteiger partial charge in [0.25, 0.3) is 0 Å². The van der Waals surface area contributed by atoms with Gasteiger partial charge in [0.15, 0.2) is 11.6 Å². The highest BCUT2D eigenvalue weighted by atomic mass is 19.1. The van der Waals surface area contributed by atoms with Gasteiger partial charge in [-0.1, -0.05) is 0 Å². The number of benzene rings is 1. The van der Waals surface area contributed by atoms with E-state index in [1.807, 2.05) is 0 Å². The minimum atomic E-state index is -0.741. The zero-order chi connectivity index (χ0) is 18.0. The molecule has 1 N–H and O–H groups in total. The fourth-order valence-corrected chi connectivity index (χ4v) is 2.89. The highest BCUT2D eigenvalue weighted by Crippen LogP contribution is 2.31. The lowest BCUT2D eigenvalue weighted by atomic mass is 10.2. The molecule has 2 saturated heterocycles. The summed E-state index contributed by atoms with van der Waals surface area (Å²) >= 11 is 0. The normalized spacial score (nSPS) is 20.6. The quantitative estimate of drug-likeness (QED) is 0.881. The van der Waals surface area contributed by atoms with Crippen molar-refractivity contribution in [1.29, 1.82) is 0 Å². The smallest absolute Gasteiger partial charge is 0.414 e. The summed E-state index contributed by atoms with van der Waals surface area (Å²) in [4.78, 5) is 25.6. The first-order chi connectivity index (χ1) is 12.0. The second kappa shape index (κ2) is 7.22. The fourth-order valence-electron chi connectivity index (χ4n) is 2.89. The van der Waals surface area contributed by atoms with E-state index >= 15 is 0 Å². The van der Waals surface area contributed by atoms with Crippen molar-refractivity contribution in [1.82, 2.24) is 5.32 Å². The topological polar surface area (TPSA) is 71.1 Å². The number of nitrogens with one attached hydrogen (secondary N) is 1. The average Bonchev–Trinajstić information content (AvgIpc) is 2.94. The average molecular weight is 355 g/mol. The molecule has 136 valence electrons. The number of hydrogen-bond donors (Lipinski definition) is 1. The third-order valence-electron chi connectivity index (χ3n) is 4.09. The summed E-state index contributed by atoms with van der Waals surface area (Å²) in [7, 11) is 0. The van der Waals surface area contributed by atoms with Crippen molar-refractivity contribution in [3.63, 3.8) is 0 Å². The summed E-state index contributed by atoms with van der Waals surface area (Å²) in [6, 6.07) is 2.24. The summed E-state index contributed by atoms with van der Waals surface area (Å²) in [5.41, 5.74) is -0.0308. The Labute approximate surface area is 143 Å². The molecule has 1 atom stereocenters. The maximum absolute atomic E-state index is 14.5. The van der Waals surface area contributed by atoms with E-state index in [1.165, 1.54) is 6.92 Å². The Bertz CT molecular complexity index is 656. The molecule has 2 fully saturated rings. The Kier molecular flexibility index (Phi) is 5.03. The maximum atomic E-state index is 14.5. The minimum absolute atomic E-state index is 0.0855. The Morgan fingerprint density at radius 1 is 1.28 bits per heavy atom. The van der Waals surface area contributed by atoms with Gasteiger partial charge < -0.3 is 19.7 Å². The molecule has 0 radical (unpaired) electrons. The third-order valence-corrected chi connectivity index (χ3v) is 4.09. The van der Waals surface area contributed by atoms with Crippen LogP contribution in [0.25, 0.3) is 0 Å². The van der Waals surface area contributed by atoms with Crippen LogP contribution in [0.3, 0.4) is 0 Å². The van der Waals surface area contributed by atoms with E-state index in [4.69, 9.17) is 9.47 Å². The molecule has 0 aromatic heterocycles. The first-order valence-corrected chi connectivity index (χ1v) is 8.00. The van der Waals surface area contributed by atoms with Gasteiger partial charge in [0.2, 0.25) is 5.91 Å². The van der Waals surface area contributed by atoms with Crippen molar-refractivity contribution in [3.05, 3.63) is 23.8 Å². The summed E-state index contributed by atoms with van der Waals surface area (Å²) in [6.45, 7) is 3.22. The van der Waals surface area contributed by atoms with Crippen LogP contribution in [0.4, 0.5) is 25.0 Å². The second-order valence-corrected chi connectivity index (χ2v) is 5.91. The summed E-state index contributed by atoms with van der Waals surface area (Å²) in [5, 5.41) is 2.55. The number of hydrogen-bond acceptors (Lipinski definition) is 5. The lowest BCUT2D eigenvalue weighted by Gasteiger charge is -2.29. The van der Waals surface area contributed by atoms with Crippen molar-refractivity contribution in [2.45, 2.75) is 13.0 Å². The molecule has 2 amide bonds. The summed E-state index contributed by atoms with van der Waals surface area (Å²) in [5.74, 6) is -1.73. The van der Waals surface area contributed by atoms with Gasteiger partial charge in [-0.25, -0.2) is 13.6 Å². The van der Waals surface area contributed by atoms with Crippen LogP contribution in [0.1, 0.15) is 6.92 Å². The molecular formula is C16H19F2N3O4. The van der Waals surface area contributed by atoms with Gasteiger partial charge in [-0.05, 0) is 0 Å². The van der Waals surface area contributed by atoms with Crippen LogP contribution in [0.5, 0.6) is 0 Å². The maximum Gasteiger partial charge on any atom is 0.414 e. The van der Waals surface area contributed by atoms with E-state index < -0.39 is 23.8 Å². The van der Waals surface area contributed by atoms with E-state index in [1.54, 1.807) is 4.90 Å². The predicted octanol–water partition coefficient (Wildman–Crippen LogP) is 1.26. The highest BCUT2D eigenvalue weighted by molar-refractivity contribution is 5.90. The van der Waals surface area contributed by atoms with Crippen molar-refractivity contribution in [3.8, 4) is 0 Å². The number of anilines is 2. The first kappa shape index (κ1) is 17.4. The van der Waals surface area contributed by atoms with Gasteiger partial charge in [0, 0.05) is 32.1 Å². The van der Waals surface area contributed by atoms with Gasteiger partial charge in [-0.15, -0.1) is 0 Å².